The Balaban J connectivity index is 1.52. The molecule has 0 aliphatic carbocycles. The van der Waals surface area contributed by atoms with Crippen molar-refractivity contribution in [3.63, 3.8) is 0 Å². The Hall–Kier alpha value is -3.41. The van der Waals surface area contributed by atoms with Crippen LogP contribution in [0.5, 0.6) is 0 Å². The molecule has 0 radical (unpaired) electrons. The van der Waals surface area contributed by atoms with Crippen LogP contribution < -0.4 is 9.47 Å². The molecule has 0 saturated heterocycles. The number of nitrogens with zero attached hydrogens (tertiary/aromatic N) is 3. The number of benzene rings is 3. The van der Waals surface area contributed by atoms with Crippen molar-refractivity contribution >= 4 is 55.5 Å². The van der Waals surface area contributed by atoms with Crippen molar-refractivity contribution < 1.29 is 8.98 Å². The Morgan fingerprint density at radius 3 is 2.56 bits per heavy atom. The molecule has 0 amide bonds. The van der Waals surface area contributed by atoms with Gasteiger partial charge in [0.2, 0.25) is 5.52 Å². The summed E-state index contributed by atoms with van der Waals surface area (Å²) < 4.78 is 10.4. The van der Waals surface area contributed by atoms with Gasteiger partial charge in [-0.05, 0) is 37.4 Å². The molecule has 0 spiro atoms. The van der Waals surface area contributed by atoms with Crippen LogP contribution in [0.2, 0.25) is 0 Å². The zero-order chi connectivity index (χ0) is 24.6. The van der Waals surface area contributed by atoms with Crippen molar-refractivity contribution in [1.82, 2.24) is 4.90 Å². The summed E-state index contributed by atoms with van der Waals surface area (Å²) in [7, 11) is 2.14. The van der Waals surface area contributed by atoms with E-state index in [1.807, 2.05) is 17.4 Å². The third kappa shape index (κ3) is 3.83. The Morgan fingerprint density at radius 1 is 0.944 bits per heavy atom. The molecule has 5 heteroatoms. The number of hydrogen-bond donors (Lipinski definition) is 0. The molecule has 2 aromatic heterocycles. The summed E-state index contributed by atoms with van der Waals surface area (Å²) in [6, 6.07) is 25.8. The molecular formula is C31H32N3OS+. The molecule has 1 aliphatic heterocycles. The normalized spacial score (nSPS) is 14.2. The second-order valence-electron chi connectivity index (χ2n) is 9.35. The SMILES string of the molecule is CCN(CC)CCC[n+]1c(/C=C2\c3ccccc3N(C)c3c2oc2ccccc32)sc2ccccc21. The molecule has 182 valence electrons. The highest BCUT2D eigenvalue weighted by atomic mass is 32.1. The number of anilines is 2. The minimum Gasteiger partial charge on any atom is -0.454 e. The standard InChI is InChI=1S/C31H32N3OS/c1-4-33(5-2)19-12-20-34-26-16-9-11-18-28(26)36-29(34)21-24-22-13-6-8-15-25(22)32(3)30-23-14-7-10-17-27(23)35-31(24)30/h6-11,13-18,21H,4-5,12,19-20H2,1-3H3/q+1. The quantitative estimate of drug-likeness (QED) is 0.221. The lowest BCUT2D eigenvalue weighted by molar-refractivity contribution is -0.669. The van der Waals surface area contributed by atoms with Gasteiger partial charge in [-0.15, -0.1) is 0 Å². The van der Waals surface area contributed by atoms with E-state index < -0.39 is 0 Å². The fourth-order valence-electron chi connectivity index (χ4n) is 5.43. The number of rotatable bonds is 7. The summed E-state index contributed by atoms with van der Waals surface area (Å²) in [6.45, 7) is 8.79. The number of para-hydroxylation sites is 3. The zero-order valence-corrected chi connectivity index (χ0v) is 22.0. The molecule has 3 heterocycles. The molecule has 0 unspecified atom stereocenters. The van der Waals surface area contributed by atoms with Gasteiger partial charge in [0.1, 0.15) is 10.3 Å². The van der Waals surface area contributed by atoms with Crippen LogP contribution in [0.15, 0.2) is 77.2 Å². The summed E-state index contributed by atoms with van der Waals surface area (Å²) in [4.78, 5) is 4.78. The predicted octanol–water partition coefficient (Wildman–Crippen LogP) is 7.34. The molecule has 4 nitrogen and oxygen atoms in total. The van der Waals surface area contributed by atoms with E-state index in [2.05, 4.69) is 108 Å². The fourth-order valence-corrected chi connectivity index (χ4v) is 6.57. The molecule has 36 heavy (non-hydrogen) atoms. The molecule has 1 aliphatic rings. The zero-order valence-electron chi connectivity index (χ0n) is 21.2. The molecule has 5 aromatic rings. The van der Waals surface area contributed by atoms with Gasteiger partial charge >= 0.3 is 0 Å². The Morgan fingerprint density at radius 2 is 1.69 bits per heavy atom. The van der Waals surface area contributed by atoms with E-state index in [1.54, 1.807) is 0 Å². The van der Waals surface area contributed by atoms with E-state index in [0.717, 1.165) is 60.6 Å². The molecule has 0 fully saturated rings. The Kier molecular flexibility index (Phi) is 6.12. The van der Waals surface area contributed by atoms with Gasteiger partial charge in [-0.25, -0.2) is 0 Å². The van der Waals surface area contributed by atoms with Crippen molar-refractivity contribution in [2.45, 2.75) is 26.8 Å². The van der Waals surface area contributed by atoms with E-state index in [4.69, 9.17) is 4.42 Å². The number of thiazole rings is 1. The van der Waals surface area contributed by atoms with Crippen LogP contribution >= 0.6 is 11.3 Å². The molecule has 0 N–H and O–H groups in total. The highest BCUT2D eigenvalue weighted by Gasteiger charge is 2.31. The van der Waals surface area contributed by atoms with Gasteiger partial charge in [0.25, 0.3) is 5.01 Å². The third-order valence-corrected chi connectivity index (χ3v) is 8.47. The van der Waals surface area contributed by atoms with Crippen molar-refractivity contribution in [3.05, 3.63) is 89.1 Å². The smallest absolute Gasteiger partial charge is 0.263 e. The van der Waals surface area contributed by atoms with Crippen LogP contribution in [0.25, 0.3) is 32.8 Å². The number of furan rings is 1. The fraction of sp³-hybridized carbons (Fsp3) is 0.258. The maximum absolute atomic E-state index is 6.54. The van der Waals surface area contributed by atoms with Crippen LogP contribution in [-0.4, -0.2) is 31.6 Å². The lowest BCUT2D eigenvalue weighted by Gasteiger charge is -2.28. The van der Waals surface area contributed by atoms with Gasteiger partial charge in [0, 0.05) is 54.4 Å². The molecule has 0 bridgehead atoms. The van der Waals surface area contributed by atoms with Crippen LogP contribution in [-0.2, 0) is 6.54 Å². The summed E-state index contributed by atoms with van der Waals surface area (Å²) in [5.74, 6) is 0.949. The predicted molar refractivity (Wildman–Crippen MR) is 152 cm³/mol. The van der Waals surface area contributed by atoms with Crippen molar-refractivity contribution in [3.8, 4) is 0 Å². The first-order chi connectivity index (χ1) is 17.7. The van der Waals surface area contributed by atoms with Gasteiger partial charge in [0.05, 0.1) is 5.69 Å². The van der Waals surface area contributed by atoms with Crippen molar-refractivity contribution in [1.29, 1.82) is 0 Å². The molecule has 3 aromatic carbocycles. The first-order valence-corrected chi connectivity index (χ1v) is 13.7. The lowest BCUT2D eigenvalue weighted by Crippen LogP contribution is -2.37. The molecule has 0 atom stereocenters. The van der Waals surface area contributed by atoms with E-state index >= 15 is 0 Å². The van der Waals surface area contributed by atoms with Gasteiger partial charge in [-0.1, -0.05) is 67.6 Å². The van der Waals surface area contributed by atoms with Crippen molar-refractivity contribution in [2.75, 3.05) is 31.6 Å². The van der Waals surface area contributed by atoms with Crippen LogP contribution in [0, 0.1) is 0 Å². The van der Waals surface area contributed by atoms with E-state index in [1.165, 1.54) is 26.5 Å². The largest absolute Gasteiger partial charge is 0.454 e. The number of hydrogen-bond acceptors (Lipinski definition) is 4. The summed E-state index contributed by atoms with van der Waals surface area (Å²) in [5.41, 5.74) is 6.94. The first-order valence-electron chi connectivity index (χ1n) is 12.9. The average Bonchev–Trinajstić information content (AvgIpc) is 3.47. The highest BCUT2D eigenvalue weighted by molar-refractivity contribution is 7.18. The maximum Gasteiger partial charge on any atom is 0.263 e. The highest BCUT2D eigenvalue weighted by Crippen LogP contribution is 2.49. The number of aromatic nitrogens is 1. The monoisotopic (exact) mass is 494 g/mol. The van der Waals surface area contributed by atoms with Gasteiger partial charge in [-0.3, -0.25) is 0 Å². The Bertz CT molecular complexity index is 1570. The first kappa shape index (κ1) is 23.0. The second-order valence-corrected chi connectivity index (χ2v) is 10.4. The minimum atomic E-state index is 0.927. The summed E-state index contributed by atoms with van der Waals surface area (Å²) >= 11 is 1.86. The van der Waals surface area contributed by atoms with E-state index in [9.17, 15) is 0 Å². The number of aryl methyl sites for hydroxylation is 1. The third-order valence-electron chi connectivity index (χ3n) is 7.36. The summed E-state index contributed by atoms with van der Waals surface area (Å²) in [5, 5.41) is 2.41. The molecular weight excluding hydrogens is 462 g/mol. The Labute approximate surface area is 216 Å². The molecule has 6 rings (SSSR count). The van der Waals surface area contributed by atoms with Gasteiger partial charge < -0.3 is 14.2 Å². The van der Waals surface area contributed by atoms with E-state index in [-0.39, 0.29) is 0 Å². The van der Waals surface area contributed by atoms with Crippen LogP contribution in [0.3, 0.4) is 0 Å². The molecule has 0 saturated carbocycles. The summed E-state index contributed by atoms with van der Waals surface area (Å²) in [6.07, 6.45) is 3.48. The average molecular weight is 495 g/mol. The van der Waals surface area contributed by atoms with Gasteiger partial charge in [-0.2, -0.15) is 4.57 Å². The van der Waals surface area contributed by atoms with Crippen LogP contribution in [0.4, 0.5) is 11.4 Å². The van der Waals surface area contributed by atoms with Crippen LogP contribution in [0.1, 0.15) is 36.6 Å². The second kappa shape index (κ2) is 9.57. The minimum absolute atomic E-state index is 0.927. The lowest BCUT2D eigenvalue weighted by atomic mass is 9.94. The topological polar surface area (TPSA) is 23.5 Å². The number of fused-ring (bicyclic) bond motifs is 5. The van der Waals surface area contributed by atoms with Crippen molar-refractivity contribution in [2.24, 2.45) is 0 Å². The maximum atomic E-state index is 6.54. The van der Waals surface area contributed by atoms with E-state index in [0.29, 0.717) is 0 Å². The van der Waals surface area contributed by atoms with Gasteiger partial charge in [0.15, 0.2) is 12.3 Å².